The van der Waals surface area contributed by atoms with Gasteiger partial charge in [0.15, 0.2) is 0 Å². The maximum Gasteiger partial charge on any atom is 0.255 e. The molecule has 0 unspecified atom stereocenters. The van der Waals surface area contributed by atoms with E-state index in [9.17, 15) is 4.79 Å². The van der Waals surface area contributed by atoms with E-state index < -0.39 is 0 Å². The van der Waals surface area contributed by atoms with E-state index in [0.29, 0.717) is 5.56 Å². The summed E-state index contributed by atoms with van der Waals surface area (Å²) < 4.78 is 0. The zero-order valence-electron chi connectivity index (χ0n) is 15.4. The van der Waals surface area contributed by atoms with Crippen LogP contribution in [-0.4, -0.2) is 43.5 Å². The molecule has 1 fully saturated rings. The van der Waals surface area contributed by atoms with E-state index in [1.54, 1.807) is 0 Å². The molecule has 0 aliphatic carbocycles. The van der Waals surface area contributed by atoms with Gasteiger partial charge in [-0.15, -0.1) is 0 Å². The number of amides is 1. The van der Waals surface area contributed by atoms with Crippen molar-refractivity contribution in [2.75, 3.05) is 42.9 Å². The molecule has 2 aromatic carbocycles. The summed E-state index contributed by atoms with van der Waals surface area (Å²) in [6.45, 7) is 11.8. The fourth-order valence-electron chi connectivity index (χ4n) is 3.30. The summed E-state index contributed by atoms with van der Waals surface area (Å²) in [5, 5.41) is 3.00. The maximum absolute atomic E-state index is 12.4. The van der Waals surface area contributed by atoms with Crippen LogP contribution in [0.1, 0.15) is 28.4 Å². The number of piperazine rings is 1. The quantitative estimate of drug-likeness (QED) is 0.924. The van der Waals surface area contributed by atoms with Crippen LogP contribution in [0.5, 0.6) is 0 Å². The average molecular weight is 337 g/mol. The first-order valence-corrected chi connectivity index (χ1v) is 9.03. The molecule has 0 aromatic heterocycles. The summed E-state index contributed by atoms with van der Waals surface area (Å²) in [6, 6.07) is 13.8. The number of anilines is 2. The number of nitrogens with zero attached hydrogens (tertiary/aromatic N) is 2. The molecule has 25 heavy (non-hydrogen) atoms. The third kappa shape index (κ3) is 4.20. The molecule has 0 atom stereocenters. The molecule has 1 N–H and O–H groups in total. The Morgan fingerprint density at radius 1 is 1.00 bits per heavy atom. The van der Waals surface area contributed by atoms with Gasteiger partial charge in [-0.3, -0.25) is 4.79 Å². The zero-order chi connectivity index (χ0) is 17.8. The molecule has 4 nitrogen and oxygen atoms in total. The van der Waals surface area contributed by atoms with Crippen molar-refractivity contribution in [3.05, 3.63) is 59.2 Å². The summed E-state index contributed by atoms with van der Waals surface area (Å²) in [5.74, 6) is -0.0660. The standard InChI is InChI=1S/C21H27N3O/c1-4-23-11-13-24(14-12-23)20-10-9-19(15-17(20)3)22-21(25)18-7-5-16(2)6-8-18/h5-10,15H,4,11-14H2,1-3H3,(H,22,25). The number of hydrogen-bond acceptors (Lipinski definition) is 3. The van der Waals surface area contributed by atoms with E-state index >= 15 is 0 Å². The van der Waals surface area contributed by atoms with Gasteiger partial charge in [0.2, 0.25) is 0 Å². The molecule has 4 heteroatoms. The van der Waals surface area contributed by atoms with Gasteiger partial charge < -0.3 is 15.1 Å². The third-order valence-corrected chi connectivity index (χ3v) is 4.93. The van der Waals surface area contributed by atoms with Crippen LogP contribution >= 0.6 is 0 Å². The Morgan fingerprint density at radius 3 is 2.28 bits per heavy atom. The predicted octanol–water partition coefficient (Wildman–Crippen LogP) is 3.70. The van der Waals surface area contributed by atoms with Gasteiger partial charge >= 0.3 is 0 Å². The van der Waals surface area contributed by atoms with Crippen molar-refractivity contribution in [3.8, 4) is 0 Å². The first kappa shape index (κ1) is 17.5. The van der Waals surface area contributed by atoms with Gasteiger partial charge in [-0.05, 0) is 56.3 Å². The Morgan fingerprint density at radius 2 is 1.68 bits per heavy atom. The smallest absolute Gasteiger partial charge is 0.255 e. The van der Waals surface area contributed by atoms with E-state index in [4.69, 9.17) is 0 Å². The van der Waals surface area contributed by atoms with E-state index in [-0.39, 0.29) is 5.91 Å². The number of hydrogen-bond donors (Lipinski definition) is 1. The monoisotopic (exact) mass is 337 g/mol. The summed E-state index contributed by atoms with van der Waals surface area (Å²) in [7, 11) is 0. The SMILES string of the molecule is CCN1CCN(c2ccc(NC(=O)c3ccc(C)cc3)cc2C)CC1. The molecule has 2 aromatic rings. The van der Waals surface area contributed by atoms with Gasteiger partial charge in [0.25, 0.3) is 5.91 Å². The number of carbonyl (C=O) groups is 1. The molecule has 0 spiro atoms. The lowest BCUT2D eigenvalue weighted by atomic mass is 10.1. The molecular formula is C21H27N3O. The molecule has 0 saturated carbocycles. The Kier molecular flexibility index (Phi) is 5.39. The lowest BCUT2D eigenvalue weighted by Crippen LogP contribution is -2.46. The minimum absolute atomic E-state index is 0.0660. The lowest BCUT2D eigenvalue weighted by molar-refractivity contribution is 0.102. The number of likely N-dealkylation sites (N-methyl/N-ethyl adjacent to an activating group) is 1. The Labute approximate surface area is 150 Å². The minimum atomic E-state index is -0.0660. The van der Waals surface area contributed by atoms with Crippen molar-refractivity contribution in [1.82, 2.24) is 4.90 Å². The van der Waals surface area contributed by atoms with Crippen LogP contribution in [0.2, 0.25) is 0 Å². The van der Waals surface area contributed by atoms with Crippen LogP contribution in [0.15, 0.2) is 42.5 Å². The zero-order valence-corrected chi connectivity index (χ0v) is 15.4. The molecule has 0 radical (unpaired) electrons. The van der Waals surface area contributed by atoms with Crippen molar-refractivity contribution >= 4 is 17.3 Å². The van der Waals surface area contributed by atoms with Gasteiger partial charge in [0, 0.05) is 43.1 Å². The molecule has 0 bridgehead atoms. The molecule has 1 saturated heterocycles. The summed E-state index contributed by atoms with van der Waals surface area (Å²) in [4.78, 5) is 17.3. The number of carbonyl (C=O) groups excluding carboxylic acids is 1. The second-order valence-electron chi connectivity index (χ2n) is 6.74. The highest BCUT2D eigenvalue weighted by atomic mass is 16.1. The van der Waals surface area contributed by atoms with Gasteiger partial charge in [0.05, 0.1) is 0 Å². The molecule has 1 aliphatic rings. The van der Waals surface area contributed by atoms with Crippen LogP contribution in [0.25, 0.3) is 0 Å². The summed E-state index contributed by atoms with van der Waals surface area (Å²) in [5.41, 5.74) is 5.15. The van der Waals surface area contributed by atoms with Crippen LogP contribution in [0, 0.1) is 13.8 Å². The van der Waals surface area contributed by atoms with E-state index in [1.807, 2.05) is 37.3 Å². The molecule has 1 heterocycles. The van der Waals surface area contributed by atoms with Crippen molar-refractivity contribution in [1.29, 1.82) is 0 Å². The molecular weight excluding hydrogens is 310 g/mol. The van der Waals surface area contributed by atoms with Crippen molar-refractivity contribution < 1.29 is 4.79 Å². The van der Waals surface area contributed by atoms with Crippen LogP contribution in [-0.2, 0) is 0 Å². The predicted molar refractivity (Wildman–Crippen MR) is 105 cm³/mol. The first-order valence-electron chi connectivity index (χ1n) is 9.03. The Bertz CT molecular complexity index is 731. The van der Waals surface area contributed by atoms with E-state index in [1.165, 1.54) is 11.3 Å². The van der Waals surface area contributed by atoms with Crippen LogP contribution in [0.4, 0.5) is 11.4 Å². The fourth-order valence-corrected chi connectivity index (χ4v) is 3.30. The Hall–Kier alpha value is -2.33. The van der Waals surface area contributed by atoms with Gasteiger partial charge in [-0.2, -0.15) is 0 Å². The maximum atomic E-state index is 12.4. The minimum Gasteiger partial charge on any atom is -0.369 e. The van der Waals surface area contributed by atoms with Gasteiger partial charge in [-0.1, -0.05) is 24.6 Å². The molecule has 3 rings (SSSR count). The highest BCUT2D eigenvalue weighted by Gasteiger charge is 2.17. The topological polar surface area (TPSA) is 35.6 Å². The average Bonchev–Trinajstić information content (AvgIpc) is 2.62. The second-order valence-corrected chi connectivity index (χ2v) is 6.74. The Balaban J connectivity index is 1.67. The molecule has 1 aliphatic heterocycles. The number of aryl methyl sites for hydroxylation is 2. The van der Waals surface area contributed by atoms with Crippen molar-refractivity contribution in [2.45, 2.75) is 20.8 Å². The highest BCUT2D eigenvalue weighted by Crippen LogP contribution is 2.25. The van der Waals surface area contributed by atoms with Crippen LogP contribution < -0.4 is 10.2 Å². The van der Waals surface area contributed by atoms with Crippen molar-refractivity contribution in [3.63, 3.8) is 0 Å². The fraction of sp³-hybridized carbons (Fsp3) is 0.381. The number of rotatable bonds is 4. The number of nitrogens with one attached hydrogen (secondary N) is 1. The normalized spacial score (nSPS) is 15.2. The highest BCUT2D eigenvalue weighted by molar-refractivity contribution is 6.04. The van der Waals surface area contributed by atoms with Crippen LogP contribution in [0.3, 0.4) is 0 Å². The third-order valence-electron chi connectivity index (χ3n) is 4.93. The number of benzene rings is 2. The molecule has 132 valence electrons. The molecule has 1 amide bonds. The second kappa shape index (κ2) is 7.70. The van der Waals surface area contributed by atoms with Gasteiger partial charge in [-0.25, -0.2) is 0 Å². The summed E-state index contributed by atoms with van der Waals surface area (Å²) in [6.07, 6.45) is 0. The largest absolute Gasteiger partial charge is 0.369 e. The van der Waals surface area contributed by atoms with E-state index in [2.05, 4.69) is 41.1 Å². The van der Waals surface area contributed by atoms with E-state index in [0.717, 1.165) is 44.0 Å². The lowest BCUT2D eigenvalue weighted by Gasteiger charge is -2.36. The van der Waals surface area contributed by atoms with Crippen molar-refractivity contribution in [2.24, 2.45) is 0 Å². The first-order chi connectivity index (χ1) is 12.1. The summed E-state index contributed by atoms with van der Waals surface area (Å²) >= 11 is 0. The van der Waals surface area contributed by atoms with Gasteiger partial charge in [0.1, 0.15) is 0 Å².